The number of alkyl halides is 2. The third kappa shape index (κ3) is 3.92. The van der Waals surface area contributed by atoms with Crippen molar-refractivity contribution in [3.05, 3.63) is 46.0 Å². The van der Waals surface area contributed by atoms with E-state index < -0.39 is 18.6 Å². The zero-order valence-corrected chi connectivity index (χ0v) is 11.2. The molecule has 0 saturated heterocycles. The van der Waals surface area contributed by atoms with Crippen LogP contribution in [0.5, 0.6) is 0 Å². The minimum Gasteiger partial charge on any atom is -0.339 e. The summed E-state index contributed by atoms with van der Waals surface area (Å²) < 4.78 is 29.8. The summed E-state index contributed by atoms with van der Waals surface area (Å²) in [5.41, 5.74) is 0.954. The summed E-state index contributed by atoms with van der Waals surface area (Å²) in [5, 5.41) is 3.65. The third-order valence-electron chi connectivity index (χ3n) is 2.35. The molecule has 100 valence electrons. The van der Waals surface area contributed by atoms with Crippen LogP contribution in [0.1, 0.15) is 17.3 Å². The monoisotopic (exact) mass is 330 g/mol. The zero-order chi connectivity index (χ0) is 13.8. The van der Waals surface area contributed by atoms with E-state index in [0.717, 1.165) is 10.0 Å². The van der Waals surface area contributed by atoms with Gasteiger partial charge in [0.15, 0.2) is 5.82 Å². The number of hydrogen-bond donors (Lipinski definition) is 0. The topological polar surface area (TPSA) is 56.0 Å². The maximum Gasteiger partial charge on any atom is 0.296 e. The second-order valence-electron chi connectivity index (χ2n) is 3.85. The minimum atomic E-state index is -3.01. The molecule has 0 radical (unpaired) electrons. The van der Waals surface area contributed by atoms with Gasteiger partial charge in [-0.15, -0.1) is 0 Å². The molecule has 0 fully saturated rings. The van der Waals surface area contributed by atoms with Crippen molar-refractivity contribution in [3.8, 4) is 0 Å². The number of aromatic nitrogens is 2. The van der Waals surface area contributed by atoms with Gasteiger partial charge in [-0.25, -0.2) is 8.78 Å². The predicted octanol–water partition coefficient (Wildman–Crippen LogP) is 2.80. The number of carbonyl (C=O) groups is 1. The quantitative estimate of drug-likeness (QED) is 0.845. The minimum absolute atomic E-state index is 0.0857. The summed E-state index contributed by atoms with van der Waals surface area (Å²) in [6.45, 7) is 0. The zero-order valence-electron chi connectivity index (χ0n) is 9.65. The first-order chi connectivity index (χ1) is 9.04. The van der Waals surface area contributed by atoms with Crippen molar-refractivity contribution in [1.82, 2.24) is 10.1 Å². The van der Waals surface area contributed by atoms with E-state index in [1.165, 1.54) is 0 Å². The Morgan fingerprint density at radius 2 is 2.00 bits per heavy atom. The molecule has 2 rings (SSSR count). The number of rotatable bonds is 5. The highest BCUT2D eigenvalue weighted by molar-refractivity contribution is 9.10. The maximum absolute atomic E-state index is 12.1. The van der Waals surface area contributed by atoms with E-state index in [9.17, 15) is 13.6 Å². The van der Waals surface area contributed by atoms with Gasteiger partial charge in [-0.3, -0.25) is 4.79 Å². The van der Waals surface area contributed by atoms with Crippen molar-refractivity contribution in [2.45, 2.75) is 19.3 Å². The molecule has 0 aliphatic heterocycles. The Morgan fingerprint density at radius 3 is 2.63 bits per heavy atom. The Kier molecular flexibility index (Phi) is 4.36. The third-order valence-corrected chi connectivity index (χ3v) is 2.88. The number of benzene rings is 1. The lowest BCUT2D eigenvalue weighted by molar-refractivity contribution is -0.129. The summed E-state index contributed by atoms with van der Waals surface area (Å²) >= 11 is 3.32. The van der Waals surface area contributed by atoms with Gasteiger partial charge in [-0.2, -0.15) is 4.98 Å². The van der Waals surface area contributed by atoms with E-state index in [1.54, 1.807) is 0 Å². The average molecular weight is 331 g/mol. The Balaban J connectivity index is 2.01. The van der Waals surface area contributed by atoms with Crippen LogP contribution in [0.2, 0.25) is 0 Å². The molecule has 0 atom stereocenters. The Bertz CT molecular complexity index is 569. The Hall–Kier alpha value is -1.63. The predicted molar refractivity (Wildman–Crippen MR) is 66.0 cm³/mol. The maximum atomic E-state index is 12.1. The fourth-order valence-electron chi connectivity index (χ4n) is 1.44. The van der Waals surface area contributed by atoms with Gasteiger partial charge in [0.2, 0.25) is 11.7 Å². The van der Waals surface area contributed by atoms with Gasteiger partial charge in [0.1, 0.15) is 0 Å². The largest absolute Gasteiger partial charge is 0.339 e. The number of hydrogen-bond acceptors (Lipinski definition) is 4. The molecule has 0 aliphatic carbocycles. The summed E-state index contributed by atoms with van der Waals surface area (Å²) in [7, 11) is 0. The number of carbonyl (C=O) groups excluding carboxylic acids is 1. The van der Waals surface area contributed by atoms with Crippen LogP contribution < -0.4 is 0 Å². The van der Waals surface area contributed by atoms with E-state index in [0.29, 0.717) is 12.2 Å². The van der Waals surface area contributed by atoms with Crippen LogP contribution in [0.3, 0.4) is 0 Å². The number of halogens is 3. The van der Waals surface area contributed by atoms with Crippen molar-refractivity contribution in [2.24, 2.45) is 0 Å². The fourth-order valence-corrected chi connectivity index (χ4v) is 1.71. The van der Waals surface area contributed by atoms with E-state index in [1.807, 2.05) is 24.3 Å². The van der Waals surface area contributed by atoms with E-state index in [4.69, 9.17) is 4.52 Å². The molecule has 19 heavy (non-hydrogen) atoms. The van der Waals surface area contributed by atoms with Crippen LogP contribution in [0.25, 0.3) is 0 Å². The molecule has 0 unspecified atom stereocenters. The molecular weight excluding hydrogens is 322 g/mol. The van der Waals surface area contributed by atoms with Crippen molar-refractivity contribution in [1.29, 1.82) is 0 Å². The average Bonchev–Trinajstić information content (AvgIpc) is 2.79. The molecule has 1 aromatic heterocycles. The van der Waals surface area contributed by atoms with Crippen molar-refractivity contribution in [3.63, 3.8) is 0 Å². The van der Waals surface area contributed by atoms with Crippen molar-refractivity contribution in [2.75, 3.05) is 0 Å². The van der Waals surface area contributed by atoms with Gasteiger partial charge >= 0.3 is 0 Å². The Labute approximate surface area is 115 Å². The van der Waals surface area contributed by atoms with Gasteiger partial charge < -0.3 is 4.52 Å². The first kappa shape index (κ1) is 13.8. The summed E-state index contributed by atoms with van der Waals surface area (Å²) in [6, 6.07) is 7.50. The molecule has 1 heterocycles. The number of Topliss-reactive ketones (excluding diaryl/α,β-unsaturated/α-hetero) is 1. The normalized spacial score (nSPS) is 10.9. The van der Waals surface area contributed by atoms with Gasteiger partial charge in [0.25, 0.3) is 6.43 Å². The van der Waals surface area contributed by atoms with Gasteiger partial charge in [0.05, 0.1) is 6.42 Å². The smallest absolute Gasteiger partial charge is 0.296 e. The summed E-state index contributed by atoms with van der Waals surface area (Å²) in [4.78, 5) is 14.7. The second-order valence-corrected chi connectivity index (χ2v) is 4.77. The highest BCUT2D eigenvalue weighted by Crippen LogP contribution is 2.13. The molecule has 0 spiro atoms. The van der Waals surface area contributed by atoms with Crippen molar-refractivity contribution < 1.29 is 18.1 Å². The van der Waals surface area contributed by atoms with E-state index in [2.05, 4.69) is 26.1 Å². The number of nitrogens with zero attached hydrogens (tertiary/aromatic N) is 2. The summed E-state index contributed by atoms with van der Waals surface area (Å²) in [5.74, 6) is -0.948. The van der Waals surface area contributed by atoms with Gasteiger partial charge in [-0.1, -0.05) is 33.2 Å². The second kappa shape index (κ2) is 6.01. The van der Waals surface area contributed by atoms with Crippen LogP contribution in [-0.2, 0) is 17.6 Å². The first-order valence-electron chi connectivity index (χ1n) is 5.41. The van der Waals surface area contributed by atoms with Crippen LogP contribution in [-0.4, -0.2) is 22.3 Å². The van der Waals surface area contributed by atoms with Crippen LogP contribution in [0.4, 0.5) is 8.78 Å². The molecule has 0 N–H and O–H groups in total. The van der Waals surface area contributed by atoms with Crippen molar-refractivity contribution >= 4 is 21.7 Å². The highest BCUT2D eigenvalue weighted by atomic mass is 79.9. The standard InChI is InChI=1S/C12H9BrF2N2O2/c13-8-3-1-7(2-4-8)5-10-16-11(19-17-10)6-9(18)12(14)15/h1-4,12H,5-6H2. The van der Waals surface area contributed by atoms with E-state index in [-0.39, 0.29) is 5.89 Å². The molecule has 0 aliphatic rings. The number of ketones is 1. The first-order valence-corrected chi connectivity index (χ1v) is 6.20. The Morgan fingerprint density at radius 1 is 1.32 bits per heavy atom. The van der Waals surface area contributed by atoms with Crippen LogP contribution in [0.15, 0.2) is 33.3 Å². The SMILES string of the molecule is O=C(Cc1nc(Cc2ccc(Br)cc2)no1)C(F)F. The summed E-state index contributed by atoms with van der Waals surface area (Å²) in [6.07, 6.45) is -3.13. The fraction of sp³-hybridized carbons (Fsp3) is 0.250. The molecule has 0 amide bonds. The lowest BCUT2D eigenvalue weighted by Crippen LogP contribution is -2.13. The molecule has 2 aromatic rings. The van der Waals surface area contributed by atoms with Gasteiger partial charge in [0, 0.05) is 10.9 Å². The van der Waals surface area contributed by atoms with Crippen LogP contribution >= 0.6 is 15.9 Å². The lowest BCUT2D eigenvalue weighted by Gasteiger charge is -1.96. The molecular formula is C12H9BrF2N2O2. The molecule has 0 saturated carbocycles. The molecule has 7 heteroatoms. The highest BCUT2D eigenvalue weighted by Gasteiger charge is 2.19. The molecule has 0 bridgehead atoms. The van der Waals surface area contributed by atoms with E-state index >= 15 is 0 Å². The molecule has 4 nitrogen and oxygen atoms in total. The van der Waals surface area contributed by atoms with Crippen LogP contribution in [0, 0.1) is 0 Å². The lowest BCUT2D eigenvalue weighted by atomic mass is 10.1. The van der Waals surface area contributed by atoms with Gasteiger partial charge in [-0.05, 0) is 17.7 Å². The molecule has 1 aromatic carbocycles.